The predicted molar refractivity (Wildman–Crippen MR) is 89.8 cm³/mol. The maximum atomic E-state index is 5.63. The molecular formula is C16H16N4O2S. The number of ether oxygens (including phenoxy) is 2. The minimum Gasteiger partial charge on any atom is -0.486 e. The van der Waals surface area contributed by atoms with Crippen LogP contribution in [0.15, 0.2) is 29.8 Å². The van der Waals surface area contributed by atoms with Crippen molar-refractivity contribution in [3.05, 3.63) is 35.5 Å². The van der Waals surface area contributed by atoms with Gasteiger partial charge >= 0.3 is 0 Å². The quantitative estimate of drug-likeness (QED) is 0.799. The summed E-state index contributed by atoms with van der Waals surface area (Å²) < 4.78 is 13.0. The highest BCUT2D eigenvalue weighted by Crippen LogP contribution is 2.35. The van der Waals surface area contributed by atoms with Gasteiger partial charge in [0.15, 0.2) is 16.6 Å². The van der Waals surface area contributed by atoms with Crippen molar-refractivity contribution in [2.45, 2.75) is 6.92 Å². The number of aromatic nitrogens is 3. The molecular weight excluding hydrogens is 312 g/mol. The van der Waals surface area contributed by atoms with Crippen molar-refractivity contribution in [3.63, 3.8) is 0 Å². The summed E-state index contributed by atoms with van der Waals surface area (Å²) in [5.74, 6) is 1.57. The summed E-state index contributed by atoms with van der Waals surface area (Å²) in [5.41, 5.74) is 3.97. The smallest absolute Gasteiger partial charge is 0.187 e. The average Bonchev–Trinajstić information content (AvgIpc) is 3.17. The van der Waals surface area contributed by atoms with Gasteiger partial charge in [-0.25, -0.2) is 4.98 Å². The van der Waals surface area contributed by atoms with Crippen LogP contribution in [0.25, 0.3) is 11.3 Å². The highest BCUT2D eigenvalue weighted by Gasteiger charge is 2.14. The van der Waals surface area contributed by atoms with Crippen molar-refractivity contribution in [3.8, 4) is 22.8 Å². The van der Waals surface area contributed by atoms with Crippen LogP contribution in [0.3, 0.4) is 0 Å². The van der Waals surface area contributed by atoms with Crippen LogP contribution in [0.2, 0.25) is 0 Å². The summed E-state index contributed by atoms with van der Waals surface area (Å²) in [6, 6.07) is 5.91. The Bertz CT molecular complexity index is 856. The van der Waals surface area contributed by atoms with Gasteiger partial charge in [0.1, 0.15) is 13.2 Å². The zero-order chi connectivity index (χ0) is 15.8. The molecule has 0 spiro atoms. The van der Waals surface area contributed by atoms with Crippen molar-refractivity contribution < 1.29 is 9.47 Å². The fourth-order valence-electron chi connectivity index (χ4n) is 2.40. The van der Waals surface area contributed by atoms with E-state index in [1.807, 2.05) is 42.2 Å². The molecule has 0 fully saturated rings. The lowest BCUT2D eigenvalue weighted by atomic mass is 10.1. The van der Waals surface area contributed by atoms with E-state index >= 15 is 0 Å². The van der Waals surface area contributed by atoms with E-state index in [4.69, 9.17) is 9.47 Å². The number of anilines is 2. The molecule has 0 bridgehead atoms. The summed E-state index contributed by atoms with van der Waals surface area (Å²) in [7, 11) is 1.92. The van der Waals surface area contributed by atoms with Crippen LogP contribution in [0.1, 0.15) is 5.69 Å². The molecule has 118 valence electrons. The molecule has 1 aliphatic rings. The molecule has 0 atom stereocenters. The zero-order valence-electron chi connectivity index (χ0n) is 12.9. The number of rotatable bonds is 3. The van der Waals surface area contributed by atoms with Gasteiger partial charge in [0.05, 0.1) is 23.3 Å². The molecule has 3 heterocycles. The first-order valence-electron chi connectivity index (χ1n) is 7.32. The Balaban J connectivity index is 1.59. The largest absolute Gasteiger partial charge is 0.486 e. The second-order valence-corrected chi connectivity index (χ2v) is 6.15. The number of nitrogens with zero attached hydrogens (tertiary/aromatic N) is 3. The Kier molecular flexibility index (Phi) is 3.42. The lowest BCUT2D eigenvalue weighted by molar-refractivity contribution is 0.171. The van der Waals surface area contributed by atoms with Crippen LogP contribution in [-0.4, -0.2) is 28.0 Å². The van der Waals surface area contributed by atoms with E-state index in [0.29, 0.717) is 13.2 Å². The van der Waals surface area contributed by atoms with E-state index in [0.717, 1.165) is 39.3 Å². The third kappa shape index (κ3) is 2.63. The summed E-state index contributed by atoms with van der Waals surface area (Å²) in [5, 5.41) is 10.4. The van der Waals surface area contributed by atoms with Gasteiger partial charge in [0.2, 0.25) is 0 Å². The number of hydrogen-bond donors (Lipinski definition) is 1. The van der Waals surface area contributed by atoms with Gasteiger partial charge < -0.3 is 14.8 Å². The van der Waals surface area contributed by atoms with Crippen molar-refractivity contribution in [2.24, 2.45) is 7.05 Å². The van der Waals surface area contributed by atoms with Gasteiger partial charge in [-0.15, -0.1) is 11.3 Å². The van der Waals surface area contributed by atoms with E-state index in [2.05, 4.69) is 15.4 Å². The molecule has 0 saturated heterocycles. The fourth-order valence-corrected chi connectivity index (χ4v) is 3.14. The third-order valence-electron chi connectivity index (χ3n) is 3.82. The van der Waals surface area contributed by atoms with Gasteiger partial charge in [-0.1, -0.05) is 0 Å². The monoisotopic (exact) mass is 328 g/mol. The third-order valence-corrected chi connectivity index (χ3v) is 4.58. The Morgan fingerprint density at radius 1 is 1.22 bits per heavy atom. The molecule has 0 aliphatic carbocycles. The fraction of sp³-hybridized carbons (Fsp3) is 0.250. The molecule has 1 aromatic carbocycles. The number of hydrogen-bond acceptors (Lipinski definition) is 6. The number of fused-ring (bicyclic) bond motifs is 1. The lowest BCUT2D eigenvalue weighted by Crippen LogP contribution is -2.15. The summed E-state index contributed by atoms with van der Waals surface area (Å²) >= 11 is 1.56. The van der Waals surface area contributed by atoms with Gasteiger partial charge in [-0.3, -0.25) is 4.68 Å². The van der Waals surface area contributed by atoms with Gasteiger partial charge in [0.25, 0.3) is 0 Å². The molecule has 7 heteroatoms. The average molecular weight is 328 g/mol. The molecule has 6 nitrogen and oxygen atoms in total. The van der Waals surface area contributed by atoms with E-state index in [9.17, 15) is 0 Å². The molecule has 0 radical (unpaired) electrons. The number of benzene rings is 1. The van der Waals surface area contributed by atoms with Crippen LogP contribution in [0.5, 0.6) is 11.5 Å². The second kappa shape index (κ2) is 5.58. The summed E-state index contributed by atoms with van der Waals surface area (Å²) in [6.07, 6.45) is 1.81. The molecule has 1 aliphatic heterocycles. The second-order valence-electron chi connectivity index (χ2n) is 5.29. The molecule has 0 amide bonds. The van der Waals surface area contributed by atoms with Crippen LogP contribution in [0, 0.1) is 6.92 Å². The molecule has 23 heavy (non-hydrogen) atoms. The summed E-state index contributed by atoms with van der Waals surface area (Å²) in [6.45, 7) is 3.20. The van der Waals surface area contributed by atoms with Gasteiger partial charge in [-0.2, -0.15) is 5.10 Å². The first kappa shape index (κ1) is 14.1. The Morgan fingerprint density at radius 3 is 2.83 bits per heavy atom. The normalized spacial score (nSPS) is 13.1. The van der Waals surface area contributed by atoms with Crippen LogP contribution in [-0.2, 0) is 7.05 Å². The first-order valence-corrected chi connectivity index (χ1v) is 8.20. The van der Waals surface area contributed by atoms with Gasteiger partial charge in [-0.05, 0) is 25.1 Å². The maximum absolute atomic E-state index is 5.63. The van der Waals surface area contributed by atoms with Crippen molar-refractivity contribution in [1.29, 1.82) is 0 Å². The van der Waals surface area contributed by atoms with Crippen molar-refractivity contribution in [1.82, 2.24) is 14.8 Å². The zero-order valence-corrected chi connectivity index (χ0v) is 13.7. The topological polar surface area (TPSA) is 61.2 Å². The maximum Gasteiger partial charge on any atom is 0.187 e. The van der Waals surface area contributed by atoms with Crippen LogP contribution < -0.4 is 14.8 Å². The van der Waals surface area contributed by atoms with Gasteiger partial charge in [0, 0.05) is 18.0 Å². The molecule has 2 aromatic heterocycles. The van der Waals surface area contributed by atoms with Crippen LogP contribution in [0.4, 0.5) is 10.8 Å². The van der Waals surface area contributed by atoms with E-state index < -0.39 is 0 Å². The van der Waals surface area contributed by atoms with E-state index in [1.165, 1.54) is 0 Å². The Morgan fingerprint density at radius 2 is 2.04 bits per heavy atom. The van der Waals surface area contributed by atoms with Crippen LogP contribution >= 0.6 is 11.3 Å². The molecule has 3 aromatic rings. The Hall–Kier alpha value is -2.54. The molecule has 0 unspecified atom stereocenters. The first-order chi connectivity index (χ1) is 11.2. The standard InChI is InChI=1S/C16H16N4O2S/c1-10-12(8-17-20(10)2)18-16-19-13(9-23-16)11-3-4-14-15(7-11)22-6-5-21-14/h3-4,7-9H,5-6H2,1-2H3,(H,18,19). The number of nitrogens with one attached hydrogen (secondary N) is 1. The molecule has 1 N–H and O–H groups in total. The minimum atomic E-state index is 0.584. The SMILES string of the molecule is Cc1c(Nc2nc(-c3ccc4c(c3)OCCO4)cs2)cnn1C. The van der Waals surface area contributed by atoms with Crippen molar-refractivity contribution >= 4 is 22.2 Å². The Labute approximate surface area is 137 Å². The highest BCUT2D eigenvalue weighted by molar-refractivity contribution is 7.14. The highest BCUT2D eigenvalue weighted by atomic mass is 32.1. The van der Waals surface area contributed by atoms with E-state index in [-0.39, 0.29) is 0 Å². The number of thiazole rings is 1. The van der Waals surface area contributed by atoms with E-state index in [1.54, 1.807) is 17.5 Å². The predicted octanol–water partition coefficient (Wildman–Crippen LogP) is 3.37. The summed E-state index contributed by atoms with van der Waals surface area (Å²) in [4.78, 5) is 4.65. The molecule has 4 rings (SSSR count). The lowest BCUT2D eigenvalue weighted by Gasteiger charge is -2.18. The molecule has 0 saturated carbocycles. The number of aryl methyl sites for hydroxylation is 1. The minimum absolute atomic E-state index is 0.584. The van der Waals surface area contributed by atoms with Crippen molar-refractivity contribution in [2.75, 3.05) is 18.5 Å².